The lowest BCUT2D eigenvalue weighted by Crippen LogP contribution is -2.46. The van der Waals surface area contributed by atoms with Crippen molar-refractivity contribution in [1.82, 2.24) is 0 Å². The maximum absolute atomic E-state index is 6.11. The van der Waals surface area contributed by atoms with E-state index in [1.54, 1.807) is 0 Å². The molecule has 60 heavy (non-hydrogen) atoms. The molecule has 2 bridgehead atoms. The summed E-state index contributed by atoms with van der Waals surface area (Å²) in [6.07, 6.45) is 10.0. The number of hydrogen-bond acceptors (Lipinski definition) is 21. The molecule has 358 valence electrons. The molecular weight excluding hydrogens is 1050 g/mol. The van der Waals surface area contributed by atoms with Gasteiger partial charge in [-0.2, -0.15) is 0 Å². The van der Waals surface area contributed by atoms with Crippen LogP contribution in [0.5, 0.6) is 0 Å². The number of fused-ring (bicyclic) bond motifs is 2. The Morgan fingerprint density at radius 1 is 0.417 bits per heavy atom. The quantitative estimate of drug-likeness (QED) is 0.0251. The molecule has 0 N–H and O–H groups in total. The van der Waals surface area contributed by atoms with E-state index in [1.807, 2.05) is 154 Å². The Morgan fingerprint density at radius 3 is 0.983 bits per heavy atom. The second-order valence-corrected chi connectivity index (χ2v) is 41.4. The first-order valence-electron chi connectivity index (χ1n) is 21.9. The van der Waals surface area contributed by atoms with Gasteiger partial charge in [-0.25, -0.2) is 0 Å². The van der Waals surface area contributed by atoms with Crippen molar-refractivity contribution in [1.29, 1.82) is 0 Å². The molecule has 2 aliphatic carbocycles. The SMILES string of the molecule is CCO[Si](CCCSSSSC(CC1CC2CCC1C2)(SSSSCCC[Si](OCC)(OCC)OCC)SSSSCCC[Si](OCC)(OCC)OCC)(OCC)OCC. The molecular formula is C36H76O9S12Si3. The van der Waals surface area contributed by atoms with Crippen LogP contribution in [0.15, 0.2) is 0 Å². The summed E-state index contributed by atoms with van der Waals surface area (Å²) in [5.41, 5.74) is 0. The molecule has 0 radical (unpaired) electrons. The Bertz CT molecular complexity index is 900. The van der Waals surface area contributed by atoms with E-state index < -0.39 is 26.4 Å². The number of rotatable bonds is 44. The smallest absolute Gasteiger partial charge is 0.374 e. The van der Waals surface area contributed by atoms with Gasteiger partial charge in [-0.3, -0.25) is 0 Å². The van der Waals surface area contributed by atoms with Crippen LogP contribution in [0.3, 0.4) is 0 Å². The summed E-state index contributed by atoms with van der Waals surface area (Å²) in [6, 6.07) is 2.59. The van der Waals surface area contributed by atoms with Crippen LogP contribution in [0.4, 0.5) is 0 Å². The maximum atomic E-state index is 6.11. The largest absolute Gasteiger partial charge is 0.500 e. The van der Waals surface area contributed by atoms with Crippen molar-refractivity contribution < 1.29 is 39.8 Å². The third kappa shape index (κ3) is 24.4. The van der Waals surface area contributed by atoms with Crippen molar-refractivity contribution >= 4 is 150 Å². The average molecular weight is 1120 g/mol. The van der Waals surface area contributed by atoms with Crippen molar-refractivity contribution in [3.63, 3.8) is 0 Å². The molecule has 2 aliphatic rings. The summed E-state index contributed by atoms with van der Waals surface area (Å²) < 4.78 is 55.0. The van der Waals surface area contributed by atoms with Gasteiger partial charge in [-0.05, 0) is 184 Å². The fraction of sp³-hybridized carbons (Fsp3) is 1.00. The molecule has 0 spiro atoms. The molecule has 0 aromatic heterocycles. The van der Waals surface area contributed by atoms with E-state index in [0.717, 1.165) is 72.4 Å². The van der Waals surface area contributed by atoms with Gasteiger partial charge in [0.2, 0.25) is 0 Å². The average Bonchev–Trinajstić information content (AvgIpc) is 3.84. The summed E-state index contributed by atoms with van der Waals surface area (Å²) in [6.45, 7) is 23.9. The lowest BCUT2D eigenvalue weighted by molar-refractivity contribution is 0.0704. The Morgan fingerprint density at radius 2 is 0.733 bits per heavy atom. The minimum Gasteiger partial charge on any atom is -0.374 e. The zero-order valence-electron chi connectivity index (χ0n) is 37.6. The van der Waals surface area contributed by atoms with Gasteiger partial charge < -0.3 is 39.8 Å². The van der Waals surface area contributed by atoms with E-state index in [4.69, 9.17) is 39.8 Å². The highest BCUT2D eigenvalue weighted by Crippen LogP contribution is 2.70. The fourth-order valence-electron chi connectivity index (χ4n) is 7.50. The van der Waals surface area contributed by atoms with Crippen molar-refractivity contribution in [2.45, 2.75) is 135 Å². The van der Waals surface area contributed by atoms with E-state index in [-0.39, 0.29) is 3.41 Å². The predicted molar refractivity (Wildman–Crippen MR) is 292 cm³/mol. The Kier molecular flexibility index (Phi) is 37.7. The molecule has 2 saturated carbocycles. The van der Waals surface area contributed by atoms with Crippen molar-refractivity contribution in [2.24, 2.45) is 17.8 Å². The van der Waals surface area contributed by atoms with Crippen molar-refractivity contribution in [3.8, 4) is 0 Å². The van der Waals surface area contributed by atoms with E-state index in [1.165, 1.54) is 32.1 Å². The van der Waals surface area contributed by atoms with Crippen LogP contribution in [0.25, 0.3) is 0 Å². The van der Waals surface area contributed by atoms with E-state index in [0.29, 0.717) is 59.5 Å². The summed E-state index contributed by atoms with van der Waals surface area (Å²) >= 11 is 0. The first-order chi connectivity index (χ1) is 29.2. The van der Waals surface area contributed by atoms with Crippen LogP contribution in [0.1, 0.15) is 114 Å². The topological polar surface area (TPSA) is 83.1 Å². The molecule has 2 rings (SSSR count). The van der Waals surface area contributed by atoms with Gasteiger partial charge in [-0.1, -0.05) is 71.2 Å². The highest BCUT2D eigenvalue weighted by molar-refractivity contribution is 9.32. The van der Waals surface area contributed by atoms with Crippen LogP contribution in [-0.2, 0) is 39.8 Å². The van der Waals surface area contributed by atoms with Crippen LogP contribution in [0, 0.1) is 17.8 Å². The molecule has 9 nitrogen and oxygen atoms in total. The van der Waals surface area contributed by atoms with Gasteiger partial charge in [0.25, 0.3) is 0 Å². The lowest BCUT2D eigenvalue weighted by atomic mass is 9.87. The predicted octanol–water partition coefficient (Wildman–Crippen LogP) is 15.8. The molecule has 0 amide bonds. The normalized spacial score (nSPS) is 18.6. The zero-order valence-corrected chi connectivity index (χ0v) is 50.4. The van der Waals surface area contributed by atoms with Crippen LogP contribution in [-0.4, -0.2) is 107 Å². The molecule has 0 aromatic rings. The Balaban J connectivity index is 2.06. The summed E-state index contributed by atoms with van der Waals surface area (Å²) in [5.74, 6) is 5.77. The Hall–Kier alpha value is 4.49. The minimum absolute atomic E-state index is 0.0206. The van der Waals surface area contributed by atoms with E-state index in [9.17, 15) is 0 Å². The molecule has 0 saturated heterocycles. The highest BCUT2D eigenvalue weighted by atomic mass is 33.7. The first kappa shape index (κ1) is 60.6. The lowest BCUT2D eigenvalue weighted by Gasteiger charge is -2.34. The summed E-state index contributed by atoms with van der Waals surface area (Å²) in [5, 5.41) is 0. The third-order valence-corrected chi connectivity index (χ3v) is 42.1. The second-order valence-electron chi connectivity index (χ2n) is 13.7. The number of hydrogen-bond donors (Lipinski definition) is 0. The van der Waals surface area contributed by atoms with Crippen molar-refractivity contribution in [2.75, 3.05) is 76.7 Å². The van der Waals surface area contributed by atoms with Gasteiger partial charge in [0.05, 0.1) is 0 Å². The highest BCUT2D eigenvalue weighted by Gasteiger charge is 2.46. The maximum Gasteiger partial charge on any atom is 0.500 e. The van der Waals surface area contributed by atoms with E-state index in [2.05, 4.69) is 32.4 Å². The molecule has 3 atom stereocenters. The molecule has 3 unspecified atom stereocenters. The van der Waals surface area contributed by atoms with Gasteiger partial charge in [0.15, 0.2) is 0 Å². The second kappa shape index (κ2) is 37.3. The fourth-order valence-corrected chi connectivity index (χ4v) is 42.0. The van der Waals surface area contributed by atoms with Gasteiger partial charge >= 0.3 is 26.4 Å². The molecule has 24 heteroatoms. The molecule has 2 fully saturated rings. The monoisotopic (exact) mass is 1120 g/mol. The van der Waals surface area contributed by atoms with Crippen molar-refractivity contribution in [3.05, 3.63) is 0 Å². The van der Waals surface area contributed by atoms with Gasteiger partial charge in [0, 0.05) is 94.9 Å². The Labute approximate surface area is 415 Å². The third-order valence-electron chi connectivity index (χ3n) is 9.52. The first-order valence-corrected chi connectivity index (χ1v) is 42.6. The molecule has 0 aromatic carbocycles. The zero-order chi connectivity index (χ0) is 43.8. The van der Waals surface area contributed by atoms with E-state index >= 15 is 0 Å². The summed E-state index contributed by atoms with van der Waals surface area (Å²) in [4.78, 5) is 0. The van der Waals surface area contributed by atoms with Crippen LogP contribution < -0.4 is 0 Å². The molecule has 0 aliphatic heterocycles. The summed E-state index contributed by atoms with van der Waals surface area (Å²) in [7, 11) is 16.0. The van der Waals surface area contributed by atoms with Crippen LogP contribution in [0.2, 0.25) is 18.1 Å². The van der Waals surface area contributed by atoms with Crippen LogP contribution >= 0.6 is 124 Å². The standard InChI is InChI=1S/C36H76O9S12Si3/c1-10-37-58(38-11-2,39-12-3)27-19-24-46-52-55-49-36(32-35-31-33-22-23-34(35)30-33,50-56-53-47-25-20-28-59(40-13-4,41-14-5)42-15-6)51-57-54-48-26-21-29-60(43-16-7,44-17-8)45-18-9/h33-35H,10-32H2,1-9H3. The van der Waals surface area contributed by atoms with Gasteiger partial charge in [-0.15, -0.1) is 0 Å². The minimum atomic E-state index is -2.61. The van der Waals surface area contributed by atoms with Gasteiger partial charge in [0.1, 0.15) is 3.41 Å². The molecule has 0 heterocycles.